The second-order valence-corrected chi connectivity index (χ2v) is 5.30. The number of nitrogens with zero attached hydrogens (tertiary/aromatic N) is 1. The number of carbonyl (C=O) groups is 1. The monoisotopic (exact) mass is 300 g/mol. The zero-order valence-electron chi connectivity index (χ0n) is 12.3. The van der Waals surface area contributed by atoms with Crippen LogP contribution in [0, 0.1) is 5.82 Å². The fraction of sp³-hybridized carbons (Fsp3) is 0.294. The molecular formula is C17H17FN2O2. The van der Waals surface area contributed by atoms with E-state index >= 15 is 0 Å². The third-order valence-electron chi connectivity index (χ3n) is 3.70. The smallest absolute Gasteiger partial charge is 0.339 e. The lowest BCUT2D eigenvalue weighted by Crippen LogP contribution is -2.08. The van der Waals surface area contributed by atoms with Crippen LogP contribution in [0.2, 0.25) is 0 Å². The number of ether oxygens (including phenoxy) is 1. The van der Waals surface area contributed by atoms with Crippen molar-refractivity contribution in [1.82, 2.24) is 4.98 Å². The number of rotatable bonds is 5. The van der Waals surface area contributed by atoms with Gasteiger partial charge in [0.1, 0.15) is 11.6 Å². The molecule has 4 nitrogen and oxygen atoms in total. The summed E-state index contributed by atoms with van der Waals surface area (Å²) >= 11 is 0. The zero-order chi connectivity index (χ0) is 15.5. The average molecular weight is 300 g/mol. The molecule has 1 aromatic carbocycles. The van der Waals surface area contributed by atoms with Crippen molar-refractivity contribution in [2.45, 2.75) is 25.3 Å². The Kier molecular flexibility index (Phi) is 4.04. The molecule has 22 heavy (non-hydrogen) atoms. The van der Waals surface area contributed by atoms with Gasteiger partial charge in [0.25, 0.3) is 0 Å². The van der Waals surface area contributed by atoms with E-state index in [9.17, 15) is 9.18 Å². The highest BCUT2D eigenvalue weighted by atomic mass is 19.1. The summed E-state index contributed by atoms with van der Waals surface area (Å²) in [5, 5.41) is 3.32. The number of nitrogens with one attached hydrogen (secondary N) is 1. The number of carbonyl (C=O) groups excluding carboxylic acids is 1. The molecule has 0 spiro atoms. The third-order valence-corrected chi connectivity index (χ3v) is 3.70. The van der Waals surface area contributed by atoms with Crippen molar-refractivity contribution in [1.29, 1.82) is 0 Å². The molecule has 1 N–H and O–H groups in total. The van der Waals surface area contributed by atoms with E-state index in [2.05, 4.69) is 10.3 Å². The normalized spacial score (nSPS) is 19.5. The van der Waals surface area contributed by atoms with Gasteiger partial charge < -0.3 is 10.1 Å². The average Bonchev–Trinajstić information content (AvgIpc) is 3.28. The molecule has 0 amide bonds. The third kappa shape index (κ3) is 3.24. The Labute approximate surface area is 128 Å². The summed E-state index contributed by atoms with van der Waals surface area (Å²) in [5.74, 6) is 0.525. The first-order valence-electron chi connectivity index (χ1n) is 7.32. The minimum absolute atomic E-state index is 0.217. The Morgan fingerprint density at radius 3 is 2.73 bits per heavy atom. The number of benzene rings is 1. The molecule has 0 unspecified atom stereocenters. The first-order valence-corrected chi connectivity index (χ1v) is 7.32. The highest BCUT2D eigenvalue weighted by Gasteiger charge is 2.38. The number of pyridine rings is 1. The SMILES string of the molecule is CCOC(=O)c1ccc(N[C@@H]2C[C@H]2c2ccc(F)cc2)nc1. The molecule has 0 bridgehead atoms. The molecule has 1 fully saturated rings. The molecule has 114 valence electrons. The molecule has 1 aliphatic rings. The van der Waals surface area contributed by atoms with E-state index in [1.165, 1.54) is 18.3 Å². The summed E-state index contributed by atoms with van der Waals surface area (Å²) in [6, 6.07) is 10.4. The Balaban J connectivity index is 1.58. The molecule has 5 heteroatoms. The minimum Gasteiger partial charge on any atom is -0.462 e. The van der Waals surface area contributed by atoms with Crippen molar-refractivity contribution < 1.29 is 13.9 Å². The van der Waals surface area contributed by atoms with Gasteiger partial charge in [-0.15, -0.1) is 0 Å². The quantitative estimate of drug-likeness (QED) is 0.860. The molecule has 1 heterocycles. The number of hydrogen-bond acceptors (Lipinski definition) is 4. The molecule has 2 atom stereocenters. The van der Waals surface area contributed by atoms with E-state index in [1.807, 2.05) is 12.1 Å². The van der Waals surface area contributed by atoms with Crippen LogP contribution < -0.4 is 5.32 Å². The van der Waals surface area contributed by atoms with Gasteiger partial charge in [0.2, 0.25) is 0 Å². The Morgan fingerprint density at radius 2 is 2.09 bits per heavy atom. The van der Waals surface area contributed by atoms with E-state index in [1.54, 1.807) is 19.1 Å². The van der Waals surface area contributed by atoms with Crippen molar-refractivity contribution in [2.24, 2.45) is 0 Å². The molecule has 3 rings (SSSR count). The lowest BCUT2D eigenvalue weighted by atomic mass is 10.1. The Hall–Kier alpha value is -2.43. The topological polar surface area (TPSA) is 51.2 Å². The number of halogens is 1. The Morgan fingerprint density at radius 1 is 1.32 bits per heavy atom. The molecule has 2 aromatic rings. The maximum absolute atomic E-state index is 12.9. The lowest BCUT2D eigenvalue weighted by molar-refractivity contribution is 0.0526. The van der Waals surface area contributed by atoms with E-state index < -0.39 is 0 Å². The molecule has 1 aromatic heterocycles. The van der Waals surface area contributed by atoms with Gasteiger partial charge in [-0.2, -0.15) is 0 Å². The van der Waals surface area contributed by atoms with Crippen LogP contribution in [0.15, 0.2) is 42.6 Å². The minimum atomic E-state index is -0.364. The van der Waals surface area contributed by atoms with Crippen LogP contribution in [0.5, 0.6) is 0 Å². The van der Waals surface area contributed by atoms with Crippen LogP contribution >= 0.6 is 0 Å². The van der Waals surface area contributed by atoms with E-state index in [0.717, 1.165) is 17.8 Å². The number of hydrogen-bond donors (Lipinski definition) is 1. The van der Waals surface area contributed by atoms with Crippen LogP contribution in [0.3, 0.4) is 0 Å². The fourth-order valence-electron chi connectivity index (χ4n) is 2.44. The summed E-state index contributed by atoms with van der Waals surface area (Å²) in [4.78, 5) is 15.8. The molecule has 0 aliphatic heterocycles. The van der Waals surface area contributed by atoms with E-state index in [0.29, 0.717) is 24.1 Å². The number of esters is 1. The van der Waals surface area contributed by atoms with Gasteiger partial charge >= 0.3 is 5.97 Å². The van der Waals surface area contributed by atoms with Crippen molar-refractivity contribution in [2.75, 3.05) is 11.9 Å². The Bertz CT molecular complexity index is 655. The van der Waals surface area contributed by atoms with Crippen LogP contribution in [-0.2, 0) is 4.74 Å². The van der Waals surface area contributed by atoms with Crippen molar-refractivity contribution >= 4 is 11.8 Å². The van der Waals surface area contributed by atoms with E-state index in [4.69, 9.17) is 4.74 Å². The van der Waals surface area contributed by atoms with Crippen molar-refractivity contribution in [3.8, 4) is 0 Å². The summed E-state index contributed by atoms with van der Waals surface area (Å²) in [6.07, 6.45) is 2.50. The number of anilines is 1. The highest BCUT2D eigenvalue weighted by Crippen LogP contribution is 2.42. The molecule has 0 radical (unpaired) electrons. The molecule has 1 saturated carbocycles. The fourth-order valence-corrected chi connectivity index (χ4v) is 2.44. The predicted molar refractivity (Wildman–Crippen MR) is 81.4 cm³/mol. The van der Waals surface area contributed by atoms with Crippen molar-refractivity contribution in [3.05, 3.63) is 59.5 Å². The van der Waals surface area contributed by atoms with Crippen LogP contribution in [0.1, 0.15) is 35.2 Å². The van der Waals surface area contributed by atoms with E-state index in [-0.39, 0.29) is 11.8 Å². The lowest BCUT2D eigenvalue weighted by Gasteiger charge is -2.06. The molecule has 1 aliphatic carbocycles. The first kappa shape index (κ1) is 14.5. The van der Waals surface area contributed by atoms with Gasteiger partial charge in [-0.1, -0.05) is 12.1 Å². The molecular weight excluding hydrogens is 283 g/mol. The summed E-state index contributed by atoms with van der Waals surface area (Å²) in [6.45, 7) is 2.12. The van der Waals surface area contributed by atoms with Gasteiger partial charge in [-0.3, -0.25) is 0 Å². The standard InChI is InChI=1S/C17H17FN2O2/c1-2-22-17(21)12-5-8-16(19-10-12)20-15-9-14(15)11-3-6-13(18)7-4-11/h3-8,10,14-15H,2,9H2,1H3,(H,19,20)/t14-,15+/m0/s1. The van der Waals surface area contributed by atoms with Crippen LogP contribution in [-0.4, -0.2) is 23.6 Å². The van der Waals surface area contributed by atoms with Crippen LogP contribution in [0.4, 0.5) is 10.2 Å². The summed E-state index contributed by atoms with van der Waals surface area (Å²) < 4.78 is 17.8. The van der Waals surface area contributed by atoms with Gasteiger partial charge in [-0.25, -0.2) is 14.2 Å². The highest BCUT2D eigenvalue weighted by molar-refractivity contribution is 5.89. The first-order chi connectivity index (χ1) is 10.7. The maximum Gasteiger partial charge on any atom is 0.339 e. The second kappa shape index (κ2) is 6.13. The predicted octanol–water partition coefficient (Wildman–Crippen LogP) is 3.37. The van der Waals surface area contributed by atoms with Crippen LogP contribution in [0.25, 0.3) is 0 Å². The number of aromatic nitrogens is 1. The largest absolute Gasteiger partial charge is 0.462 e. The second-order valence-electron chi connectivity index (χ2n) is 5.30. The van der Waals surface area contributed by atoms with Crippen molar-refractivity contribution in [3.63, 3.8) is 0 Å². The van der Waals surface area contributed by atoms with Gasteiger partial charge in [0.15, 0.2) is 0 Å². The zero-order valence-corrected chi connectivity index (χ0v) is 12.3. The van der Waals surface area contributed by atoms with Gasteiger partial charge in [-0.05, 0) is 43.2 Å². The summed E-state index contributed by atoms with van der Waals surface area (Å²) in [7, 11) is 0. The summed E-state index contributed by atoms with van der Waals surface area (Å²) in [5.41, 5.74) is 1.57. The maximum atomic E-state index is 12.9. The van der Waals surface area contributed by atoms with Gasteiger partial charge in [0.05, 0.1) is 12.2 Å². The van der Waals surface area contributed by atoms with Gasteiger partial charge in [0, 0.05) is 18.2 Å². The molecule has 0 saturated heterocycles.